The van der Waals surface area contributed by atoms with Crippen LogP contribution in [0, 0.1) is 17.2 Å². The number of ether oxygens (including phenoxy) is 1. The largest absolute Gasteiger partial charge is 0.436 e. The molecule has 7 heteroatoms. The van der Waals surface area contributed by atoms with Gasteiger partial charge in [-0.2, -0.15) is 5.26 Å². The van der Waals surface area contributed by atoms with Gasteiger partial charge in [-0.1, -0.05) is 0 Å². The van der Waals surface area contributed by atoms with Crippen LogP contribution in [0.1, 0.15) is 35.9 Å². The zero-order valence-electron chi connectivity index (χ0n) is 14.5. The second-order valence-electron chi connectivity index (χ2n) is 6.88. The van der Waals surface area contributed by atoms with E-state index in [-0.39, 0.29) is 23.6 Å². The summed E-state index contributed by atoms with van der Waals surface area (Å²) in [5.74, 6) is 1.33. The number of hydrogen-bond acceptors (Lipinski definition) is 6. The number of aromatic nitrogens is 1. The first kappa shape index (κ1) is 16.6. The number of amides is 1. The molecule has 0 radical (unpaired) electrons. The number of nitrogens with one attached hydrogen (secondary N) is 1. The number of rotatable bonds is 4. The van der Waals surface area contributed by atoms with Gasteiger partial charge in [0.15, 0.2) is 0 Å². The molecule has 0 aliphatic carbocycles. The van der Waals surface area contributed by atoms with Crippen LogP contribution in [0.5, 0.6) is 11.6 Å². The lowest BCUT2D eigenvalue weighted by Gasteiger charge is -2.49. The van der Waals surface area contributed by atoms with Crippen molar-refractivity contribution in [3.63, 3.8) is 0 Å². The fourth-order valence-electron chi connectivity index (χ4n) is 3.93. The molecular weight excluding hydrogens is 332 g/mol. The molecule has 0 spiro atoms. The summed E-state index contributed by atoms with van der Waals surface area (Å²) in [6.45, 7) is 4.47. The van der Waals surface area contributed by atoms with E-state index in [1.165, 1.54) is 6.07 Å². The van der Waals surface area contributed by atoms with Gasteiger partial charge in [-0.3, -0.25) is 9.69 Å². The smallest absolute Gasteiger partial charge is 0.260 e. The van der Waals surface area contributed by atoms with E-state index >= 15 is 0 Å². The van der Waals surface area contributed by atoms with Gasteiger partial charge < -0.3 is 14.6 Å². The number of carbonyl (C=O) groups is 1. The molecule has 0 saturated carbocycles. The Labute approximate surface area is 151 Å². The SMILES string of the molecule is C[C@H]1[C@H](NC(=O)c2ccc(Oc3cc(C#N)on3)cc2)C2CCN1CC2. The molecular formula is C19H20N4O3. The van der Waals surface area contributed by atoms with Crippen LogP contribution in [0.4, 0.5) is 0 Å². The summed E-state index contributed by atoms with van der Waals surface area (Å²) in [4.78, 5) is 15.1. The third-order valence-electron chi connectivity index (χ3n) is 5.41. The summed E-state index contributed by atoms with van der Waals surface area (Å²) in [7, 11) is 0. The maximum absolute atomic E-state index is 12.6. The highest BCUT2D eigenvalue weighted by Crippen LogP contribution is 2.32. The Morgan fingerprint density at radius 1 is 1.35 bits per heavy atom. The van der Waals surface area contributed by atoms with Crippen LogP contribution >= 0.6 is 0 Å². The second kappa shape index (κ2) is 6.81. The molecule has 1 aromatic heterocycles. The fraction of sp³-hybridized carbons (Fsp3) is 0.421. The Morgan fingerprint density at radius 3 is 2.69 bits per heavy atom. The van der Waals surface area contributed by atoms with Gasteiger partial charge in [0.25, 0.3) is 11.8 Å². The average molecular weight is 352 g/mol. The predicted molar refractivity (Wildman–Crippen MR) is 92.7 cm³/mol. The molecule has 1 amide bonds. The number of carbonyl (C=O) groups excluding carboxylic acids is 1. The van der Waals surface area contributed by atoms with Crippen LogP contribution in [0.3, 0.4) is 0 Å². The first-order valence-electron chi connectivity index (χ1n) is 8.83. The van der Waals surface area contributed by atoms with Gasteiger partial charge in [-0.25, -0.2) is 0 Å². The molecule has 3 saturated heterocycles. The molecule has 26 heavy (non-hydrogen) atoms. The lowest BCUT2D eigenvalue weighted by Crippen LogP contribution is -2.62. The number of fused-ring (bicyclic) bond motifs is 3. The summed E-state index contributed by atoms with van der Waals surface area (Å²) in [5.41, 5.74) is 0.596. The topological polar surface area (TPSA) is 91.4 Å². The van der Waals surface area contributed by atoms with E-state index < -0.39 is 0 Å². The summed E-state index contributed by atoms with van der Waals surface area (Å²) < 4.78 is 10.3. The van der Waals surface area contributed by atoms with E-state index in [1.807, 2.05) is 6.07 Å². The Morgan fingerprint density at radius 2 is 2.08 bits per heavy atom. The van der Waals surface area contributed by atoms with Crippen LogP contribution in [-0.4, -0.2) is 41.1 Å². The van der Waals surface area contributed by atoms with Crippen molar-refractivity contribution in [3.05, 3.63) is 41.7 Å². The summed E-state index contributed by atoms with van der Waals surface area (Å²) >= 11 is 0. The molecule has 3 fully saturated rings. The van der Waals surface area contributed by atoms with Crippen molar-refractivity contribution in [2.24, 2.45) is 5.92 Å². The van der Waals surface area contributed by atoms with Crippen LogP contribution in [0.15, 0.2) is 34.9 Å². The molecule has 134 valence electrons. The van der Waals surface area contributed by atoms with Gasteiger partial charge in [0.05, 0.1) is 6.07 Å². The Balaban J connectivity index is 1.40. The number of hydrogen-bond donors (Lipinski definition) is 1. The Kier molecular flexibility index (Phi) is 4.35. The van der Waals surface area contributed by atoms with Gasteiger partial charge in [0.1, 0.15) is 11.8 Å². The molecule has 1 N–H and O–H groups in total. The van der Waals surface area contributed by atoms with Gasteiger partial charge in [0.2, 0.25) is 5.76 Å². The van der Waals surface area contributed by atoms with E-state index in [2.05, 4.69) is 22.3 Å². The number of benzene rings is 1. The van der Waals surface area contributed by atoms with Crippen LogP contribution in [0.25, 0.3) is 0 Å². The van der Waals surface area contributed by atoms with Gasteiger partial charge >= 0.3 is 0 Å². The molecule has 7 nitrogen and oxygen atoms in total. The number of nitriles is 1. The zero-order valence-corrected chi connectivity index (χ0v) is 14.5. The molecule has 1 aromatic carbocycles. The number of piperidine rings is 3. The van der Waals surface area contributed by atoms with Crippen LogP contribution < -0.4 is 10.1 Å². The normalized spacial score (nSPS) is 26.9. The van der Waals surface area contributed by atoms with Gasteiger partial charge in [0, 0.05) is 17.6 Å². The van der Waals surface area contributed by atoms with Gasteiger partial charge in [-0.05, 0) is 68.2 Å². The van der Waals surface area contributed by atoms with Crippen LogP contribution in [0.2, 0.25) is 0 Å². The molecule has 3 aliphatic heterocycles. The molecule has 2 atom stereocenters. The average Bonchev–Trinajstić information content (AvgIpc) is 3.13. The Bertz CT molecular complexity index is 829. The monoisotopic (exact) mass is 352 g/mol. The molecule has 0 unspecified atom stereocenters. The first-order valence-corrected chi connectivity index (χ1v) is 8.83. The first-order chi connectivity index (χ1) is 12.6. The van der Waals surface area contributed by atoms with Crippen molar-refractivity contribution < 1.29 is 14.1 Å². The highest BCUT2D eigenvalue weighted by atomic mass is 16.5. The lowest BCUT2D eigenvalue weighted by molar-refractivity contribution is 0.0217. The predicted octanol–water partition coefficient (Wildman–Crippen LogP) is 2.55. The molecule has 3 aliphatic rings. The molecule has 5 rings (SSSR count). The third kappa shape index (κ3) is 3.16. The van der Waals surface area contributed by atoms with E-state index in [1.54, 1.807) is 24.3 Å². The van der Waals surface area contributed by atoms with Crippen molar-refractivity contribution in [2.45, 2.75) is 31.8 Å². The van der Waals surface area contributed by atoms with Crippen LogP contribution in [-0.2, 0) is 0 Å². The third-order valence-corrected chi connectivity index (χ3v) is 5.41. The second-order valence-corrected chi connectivity index (χ2v) is 6.88. The highest BCUT2D eigenvalue weighted by Gasteiger charge is 2.40. The van der Waals surface area contributed by atoms with Gasteiger partial charge in [-0.15, -0.1) is 0 Å². The minimum atomic E-state index is -0.0599. The highest BCUT2D eigenvalue weighted by molar-refractivity contribution is 5.94. The van der Waals surface area contributed by atoms with E-state index in [0.717, 1.165) is 25.9 Å². The molecule has 2 bridgehead atoms. The van der Waals surface area contributed by atoms with Crippen molar-refractivity contribution in [1.82, 2.24) is 15.4 Å². The van der Waals surface area contributed by atoms with E-state index in [0.29, 0.717) is 23.3 Å². The summed E-state index contributed by atoms with van der Waals surface area (Å²) in [5, 5.41) is 15.6. The summed E-state index contributed by atoms with van der Waals surface area (Å²) in [6.07, 6.45) is 2.31. The zero-order chi connectivity index (χ0) is 18.1. The Hall–Kier alpha value is -2.85. The van der Waals surface area contributed by atoms with Crippen molar-refractivity contribution >= 4 is 5.91 Å². The minimum absolute atomic E-state index is 0.0599. The van der Waals surface area contributed by atoms with E-state index in [9.17, 15) is 4.79 Å². The van der Waals surface area contributed by atoms with E-state index in [4.69, 9.17) is 14.5 Å². The minimum Gasteiger partial charge on any atom is -0.436 e. The molecule has 2 aromatic rings. The fourth-order valence-corrected chi connectivity index (χ4v) is 3.93. The van der Waals surface area contributed by atoms with Crippen molar-refractivity contribution in [1.29, 1.82) is 5.26 Å². The maximum atomic E-state index is 12.6. The lowest BCUT2D eigenvalue weighted by atomic mass is 9.79. The standard InChI is InChI=1S/C19H20N4O3/c1-12-18(13-6-8-23(12)9-7-13)21-19(24)14-2-4-15(5-3-14)25-17-10-16(11-20)26-22-17/h2-5,10,12-13,18H,6-9H2,1H3,(H,21,24)/t12-,18-/m0/s1. The number of nitrogens with zero attached hydrogens (tertiary/aromatic N) is 3. The summed E-state index contributed by atoms with van der Waals surface area (Å²) in [6, 6.07) is 10.7. The van der Waals surface area contributed by atoms with Crippen molar-refractivity contribution in [3.8, 4) is 17.7 Å². The molecule has 4 heterocycles. The quantitative estimate of drug-likeness (QED) is 0.909. The van der Waals surface area contributed by atoms with Crippen molar-refractivity contribution in [2.75, 3.05) is 13.1 Å². The maximum Gasteiger partial charge on any atom is 0.260 e.